The Balaban J connectivity index is 1.44. The summed E-state index contributed by atoms with van der Waals surface area (Å²) in [5.74, 6) is -0.604. The summed E-state index contributed by atoms with van der Waals surface area (Å²) in [6.07, 6.45) is 3.45. The molecule has 7 nitrogen and oxygen atoms in total. The van der Waals surface area contributed by atoms with E-state index in [1.165, 1.54) is 28.9 Å². The van der Waals surface area contributed by atoms with Crippen LogP contribution in [0.4, 0.5) is 10.1 Å². The molecule has 3 aromatic rings. The van der Waals surface area contributed by atoms with E-state index in [4.69, 9.17) is 0 Å². The molecular formula is C20H17FN4O3. The maximum atomic E-state index is 13.1. The van der Waals surface area contributed by atoms with Gasteiger partial charge in [0, 0.05) is 30.3 Å². The molecule has 0 radical (unpaired) electrons. The Hall–Kier alpha value is -3.55. The summed E-state index contributed by atoms with van der Waals surface area (Å²) in [6.45, 7) is 0.446. The molecule has 1 aromatic heterocycles. The van der Waals surface area contributed by atoms with Gasteiger partial charge in [-0.1, -0.05) is 18.2 Å². The fourth-order valence-electron chi connectivity index (χ4n) is 3.20. The van der Waals surface area contributed by atoms with Crippen LogP contribution in [0, 0.1) is 15.9 Å². The molecule has 28 heavy (non-hydrogen) atoms. The van der Waals surface area contributed by atoms with Crippen LogP contribution < -0.4 is 5.32 Å². The Bertz CT molecular complexity index is 1040. The van der Waals surface area contributed by atoms with Crippen molar-refractivity contribution in [2.24, 2.45) is 0 Å². The van der Waals surface area contributed by atoms with E-state index < -0.39 is 4.92 Å². The summed E-state index contributed by atoms with van der Waals surface area (Å²) in [5.41, 5.74) is 1.54. The molecular weight excluding hydrogens is 363 g/mol. The third kappa shape index (κ3) is 3.48. The van der Waals surface area contributed by atoms with Crippen molar-refractivity contribution in [2.45, 2.75) is 18.3 Å². The Morgan fingerprint density at radius 2 is 1.96 bits per heavy atom. The zero-order valence-electron chi connectivity index (χ0n) is 14.8. The zero-order valence-corrected chi connectivity index (χ0v) is 14.8. The lowest BCUT2D eigenvalue weighted by atomic mass is 9.96. The molecule has 1 aliphatic carbocycles. The number of nitro groups is 1. The normalized spacial score (nSPS) is 14.5. The lowest BCUT2D eigenvalue weighted by Gasteiger charge is -2.16. The van der Waals surface area contributed by atoms with Gasteiger partial charge in [-0.3, -0.25) is 14.9 Å². The molecule has 1 heterocycles. The Kier molecular flexibility index (Phi) is 4.38. The Morgan fingerprint density at radius 3 is 2.64 bits per heavy atom. The van der Waals surface area contributed by atoms with E-state index in [2.05, 4.69) is 10.4 Å². The number of aromatic nitrogens is 2. The standard InChI is InChI=1S/C20H17FN4O3/c21-15-6-4-14(5-7-15)20(9-10-20)13-22-19(26)18-8-11-24(23-18)16-2-1-3-17(12-16)25(27)28/h1-8,11-12H,9-10,13H2,(H,22,26). The van der Waals surface area contributed by atoms with E-state index in [9.17, 15) is 19.3 Å². The lowest BCUT2D eigenvalue weighted by molar-refractivity contribution is -0.384. The largest absolute Gasteiger partial charge is 0.350 e. The van der Waals surface area contributed by atoms with Gasteiger partial charge in [-0.05, 0) is 42.7 Å². The number of benzene rings is 2. The molecule has 0 atom stereocenters. The van der Waals surface area contributed by atoms with Crippen LogP contribution in [-0.4, -0.2) is 27.2 Å². The predicted octanol–water partition coefficient (Wildman–Crippen LogP) is 3.38. The summed E-state index contributed by atoms with van der Waals surface area (Å²) in [6, 6.07) is 14.0. The van der Waals surface area contributed by atoms with Gasteiger partial charge in [-0.15, -0.1) is 0 Å². The van der Waals surface area contributed by atoms with Crippen LogP contribution in [0.2, 0.25) is 0 Å². The summed E-state index contributed by atoms with van der Waals surface area (Å²) < 4.78 is 14.5. The van der Waals surface area contributed by atoms with E-state index >= 15 is 0 Å². The van der Waals surface area contributed by atoms with Crippen molar-refractivity contribution in [3.8, 4) is 5.69 Å². The number of nitrogens with zero attached hydrogens (tertiary/aromatic N) is 3. The molecule has 0 spiro atoms. The molecule has 0 saturated heterocycles. The van der Waals surface area contributed by atoms with Crippen LogP contribution in [0.3, 0.4) is 0 Å². The average Bonchev–Trinajstić information content (AvgIpc) is 3.33. The first-order valence-corrected chi connectivity index (χ1v) is 8.82. The second kappa shape index (κ2) is 6.88. The SMILES string of the molecule is O=C(NCC1(c2ccc(F)cc2)CC1)c1ccn(-c2cccc([N+](=O)[O-])c2)n1. The van der Waals surface area contributed by atoms with Crippen LogP contribution >= 0.6 is 0 Å². The van der Waals surface area contributed by atoms with E-state index in [1.807, 2.05) is 0 Å². The van der Waals surface area contributed by atoms with Crippen LogP contribution in [0.15, 0.2) is 60.8 Å². The highest BCUT2D eigenvalue weighted by molar-refractivity contribution is 5.92. The molecule has 1 aliphatic rings. The molecule has 142 valence electrons. The van der Waals surface area contributed by atoms with Crippen molar-refractivity contribution in [1.29, 1.82) is 0 Å². The van der Waals surface area contributed by atoms with Crippen molar-refractivity contribution in [2.75, 3.05) is 6.54 Å². The number of halogens is 1. The molecule has 0 unspecified atom stereocenters. The number of carbonyl (C=O) groups is 1. The topological polar surface area (TPSA) is 90.1 Å². The third-order valence-corrected chi connectivity index (χ3v) is 5.02. The molecule has 4 rings (SSSR count). The van der Waals surface area contributed by atoms with Crippen LogP contribution in [0.25, 0.3) is 5.69 Å². The van der Waals surface area contributed by atoms with E-state index in [1.54, 1.807) is 36.5 Å². The number of nitrogens with one attached hydrogen (secondary N) is 1. The second-order valence-corrected chi connectivity index (χ2v) is 6.89. The molecule has 1 N–H and O–H groups in total. The lowest BCUT2D eigenvalue weighted by Crippen LogP contribution is -2.32. The van der Waals surface area contributed by atoms with Crippen LogP contribution in [0.5, 0.6) is 0 Å². The molecule has 1 saturated carbocycles. The summed E-state index contributed by atoms with van der Waals surface area (Å²) in [7, 11) is 0. The first kappa shape index (κ1) is 17.8. The van der Waals surface area contributed by atoms with Gasteiger partial charge in [-0.25, -0.2) is 9.07 Å². The van der Waals surface area contributed by atoms with E-state index in [0.717, 1.165) is 18.4 Å². The minimum atomic E-state index is -0.481. The third-order valence-electron chi connectivity index (χ3n) is 5.02. The summed E-state index contributed by atoms with van der Waals surface area (Å²) in [5, 5.41) is 18.0. The number of hydrogen-bond donors (Lipinski definition) is 1. The maximum Gasteiger partial charge on any atom is 0.271 e. The molecule has 0 aliphatic heterocycles. The van der Waals surface area contributed by atoms with Gasteiger partial charge in [0.05, 0.1) is 10.6 Å². The van der Waals surface area contributed by atoms with Gasteiger partial charge in [0.2, 0.25) is 0 Å². The van der Waals surface area contributed by atoms with Crippen molar-refractivity contribution in [3.05, 3.63) is 88.0 Å². The molecule has 8 heteroatoms. The number of hydrogen-bond acceptors (Lipinski definition) is 4. The fourth-order valence-corrected chi connectivity index (χ4v) is 3.20. The monoisotopic (exact) mass is 380 g/mol. The number of carbonyl (C=O) groups excluding carboxylic acids is 1. The molecule has 1 amide bonds. The minimum Gasteiger partial charge on any atom is -0.350 e. The highest BCUT2D eigenvalue weighted by atomic mass is 19.1. The summed E-state index contributed by atoms with van der Waals surface area (Å²) >= 11 is 0. The first-order valence-electron chi connectivity index (χ1n) is 8.82. The predicted molar refractivity (Wildman–Crippen MR) is 99.9 cm³/mol. The van der Waals surface area contributed by atoms with Gasteiger partial charge in [0.1, 0.15) is 5.82 Å². The number of non-ortho nitro benzene ring substituents is 1. The van der Waals surface area contributed by atoms with Gasteiger partial charge in [-0.2, -0.15) is 5.10 Å². The van der Waals surface area contributed by atoms with Gasteiger partial charge in [0.15, 0.2) is 5.69 Å². The highest BCUT2D eigenvalue weighted by Gasteiger charge is 2.44. The van der Waals surface area contributed by atoms with Crippen molar-refractivity contribution < 1.29 is 14.1 Å². The van der Waals surface area contributed by atoms with Gasteiger partial charge in [0.25, 0.3) is 11.6 Å². The maximum absolute atomic E-state index is 13.1. The molecule has 0 bridgehead atoms. The van der Waals surface area contributed by atoms with Crippen LogP contribution in [0.1, 0.15) is 28.9 Å². The molecule has 2 aromatic carbocycles. The van der Waals surface area contributed by atoms with Crippen molar-refractivity contribution in [1.82, 2.24) is 15.1 Å². The summed E-state index contributed by atoms with van der Waals surface area (Å²) in [4.78, 5) is 22.9. The number of amides is 1. The van der Waals surface area contributed by atoms with E-state index in [0.29, 0.717) is 12.2 Å². The quantitative estimate of drug-likeness (QED) is 0.524. The fraction of sp³-hybridized carbons (Fsp3) is 0.200. The Morgan fingerprint density at radius 1 is 1.21 bits per heavy atom. The van der Waals surface area contributed by atoms with Crippen LogP contribution in [-0.2, 0) is 5.41 Å². The number of nitro benzene ring substituents is 1. The highest BCUT2D eigenvalue weighted by Crippen LogP contribution is 2.47. The first-order chi connectivity index (χ1) is 13.5. The van der Waals surface area contributed by atoms with E-state index in [-0.39, 0.29) is 28.5 Å². The van der Waals surface area contributed by atoms with Crippen molar-refractivity contribution >= 4 is 11.6 Å². The average molecular weight is 380 g/mol. The Labute approximate surface area is 160 Å². The zero-order chi connectivity index (χ0) is 19.7. The van der Waals surface area contributed by atoms with Gasteiger partial charge < -0.3 is 5.32 Å². The van der Waals surface area contributed by atoms with Gasteiger partial charge >= 0.3 is 0 Å². The smallest absolute Gasteiger partial charge is 0.271 e. The van der Waals surface area contributed by atoms with Crippen molar-refractivity contribution in [3.63, 3.8) is 0 Å². The second-order valence-electron chi connectivity index (χ2n) is 6.89. The minimum absolute atomic E-state index is 0.0472. The number of rotatable bonds is 6. The molecule has 1 fully saturated rings.